The van der Waals surface area contributed by atoms with E-state index >= 15 is 0 Å². The molecule has 1 aromatic heterocycles. The lowest BCUT2D eigenvalue weighted by atomic mass is 10.1. The SMILES string of the molecule is Cc1nc(-c2cccc([N+](=O)[O-])c2)c([N+](=O)[O-])n1C. The van der Waals surface area contributed by atoms with Crippen molar-refractivity contribution >= 4 is 11.5 Å². The number of aryl methyl sites for hydroxylation is 1. The normalized spacial score (nSPS) is 10.4. The third kappa shape index (κ3) is 2.15. The molecule has 0 aliphatic heterocycles. The second kappa shape index (κ2) is 4.48. The van der Waals surface area contributed by atoms with Crippen molar-refractivity contribution in [3.8, 4) is 11.3 Å². The molecule has 0 saturated carbocycles. The molecule has 19 heavy (non-hydrogen) atoms. The highest BCUT2D eigenvalue weighted by molar-refractivity contribution is 5.70. The van der Waals surface area contributed by atoms with Crippen LogP contribution in [-0.2, 0) is 7.05 Å². The van der Waals surface area contributed by atoms with Gasteiger partial charge in [0.2, 0.25) is 0 Å². The van der Waals surface area contributed by atoms with Gasteiger partial charge in [-0.1, -0.05) is 12.1 Å². The molecule has 0 atom stereocenters. The summed E-state index contributed by atoms with van der Waals surface area (Å²) in [7, 11) is 1.53. The third-order valence-corrected chi connectivity index (χ3v) is 2.79. The fourth-order valence-corrected chi connectivity index (χ4v) is 1.77. The summed E-state index contributed by atoms with van der Waals surface area (Å²) in [6, 6.07) is 5.63. The second-order valence-corrected chi connectivity index (χ2v) is 3.95. The highest BCUT2D eigenvalue weighted by Gasteiger charge is 2.24. The molecule has 1 heterocycles. The van der Waals surface area contributed by atoms with Gasteiger partial charge in [0.25, 0.3) is 5.69 Å². The van der Waals surface area contributed by atoms with Gasteiger partial charge in [-0.3, -0.25) is 10.1 Å². The van der Waals surface area contributed by atoms with E-state index in [4.69, 9.17) is 0 Å². The first-order chi connectivity index (χ1) is 8.91. The van der Waals surface area contributed by atoms with Gasteiger partial charge in [0, 0.05) is 24.6 Å². The predicted octanol–water partition coefficient (Wildman–Crippen LogP) is 2.21. The van der Waals surface area contributed by atoms with E-state index in [1.165, 1.54) is 29.8 Å². The van der Waals surface area contributed by atoms with Crippen molar-refractivity contribution in [1.82, 2.24) is 9.55 Å². The monoisotopic (exact) mass is 262 g/mol. The van der Waals surface area contributed by atoms with Gasteiger partial charge in [0.05, 0.1) is 12.0 Å². The summed E-state index contributed by atoms with van der Waals surface area (Å²) in [6.45, 7) is 1.63. The van der Waals surface area contributed by atoms with E-state index in [1.807, 2.05) is 0 Å². The van der Waals surface area contributed by atoms with E-state index in [0.717, 1.165) is 0 Å². The Kier molecular flexibility index (Phi) is 2.99. The topological polar surface area (TPSA) is 104 Å². The Balaban J connectivity index is 2.65. The molecule has 0 unspecified atom stereocenters. The molecule has 1 aromatic carbocycles. The lowest BCUT2D eigenvalue weighted by molar-refractivity contribution is -0.391. The maximum Gasteiger partial charge on any atom is 0.350 e. The molecule has 8 nitrogen and oxygen atoms in total. The van der Waals surface area contributed by atoms with Crippen molar-refractivity contribution in [1.29, 1.82) is 0 Å². The molecule has 0 N–H and O–H groups in total. The molecular weight excluding hydrogens is 252 g/mol. The minimum Gasteiger partial charge on any atom is -0.358 e. The van der Waals surface area contributed by atoms with Gasteiger partial charge in [-0.15, -0.1) is 0 Å². The fraction of sp³-hybridized carbons (Fsp3) is 0.182. The van der Waals surface area contributed by atoms with E-state index in [9.17, 15) is 20.2 Å². The summed E-state index contributed by atoms with van der Waals surface area (Å²) < 4.78 is 1.34. The summed E-state index contributed by atoms with van der Waals surface area (Å²) >= 11 is 0. The molecule has 0 spiro atoms. The highest BCUT2D eigenvalue weighted by Crippen LogP contribution is 2.31. The van der Waals surface area contributed by atoms with E-state index in [1.54, 1.807) is 13.0 Å². The number of non-ortho nitro benzene ring substituents is 1. The van der Waals surface area contributed by atoms with Crippen LogP contribution in [0.4, 0.5) is 11.5 Å². The predicted molar refractivity (Wildman–Crippen MR) is 66.7 cm³/mol. The average molecular weight is 262 g/mol. The summed E-state index contributed by atoms with van der Waals surface area (Å²) in [6.07, 6.45) is 0. The van der Waals surface area contributed by atoms with Crippen LogP contribution in [0.15, 0.2) is 24.3 Å². The van der Waals surface area contributed by atoms with Gasteiger partial charge < -0.3 is 10.1 Å². The average Bonchev–Trinajstić information content (AvgIpc) is 2.66. The van der Waals surface area contributed by atoms with E-state index in [0.29, 0.717) is 11.4 Å². The fourth-order valence-electron chi connectivity index (χ4n) is 1.77. The van der Waals surface area contributed by atoms with Crippen molar-refractivity contribution in [2.45, 2.75) is 6.92 Å². The summed E-state index contributed by atoms with van der Waals surface area (Å²) in [5.41, 5.74) is 0.355. The van der Waals surface area contributed by atoms with Crippen LogP contribution in [0.3, 0.4) is 0 Å². The standard InChI is InChI=1S/C11H10N4O4/c1-7-12-10(11(13(7)2)15(18)19)8-4-3-5-9(6-8)14(16)17/h3-6H,1-2H3. The van der Waals surface area contributed by atoms with Crippen LogP contribution < -0.4 is 0 Å². The maximum atomic E-state index is 11.1. The summed E-state index contributed by atoms with van der Waals surface area (Å²) in [5.74, 6) is 0.284. The number of rotatable bonds is 3. The van der Waals surface area contributed by atoms with Crippen molar-refractivity contribution in [3.05, 3.63) is 50.3 Å². The lowest BCUT2D eigenvalue weighted by Gasteiger charge is -1.99. The van der Waals surface area contributed by atoms with E-state index in [2.05, 4.69) is 4.98 Å². The molecule has 0 aliphatic rings. The zero-order chi connectivity index (χ0) is 14.2. The van der Waals surface area contributed by atoms with Gasteiger partial charge in [-0.05, 0) is 4.92 Å². The first kappa shape index (κ1) is 12.7. The molecule has 2 rings (SSSR count). The molecule has 8 heteroatoms. The molecule has 0 saturated heterocycles. The van der Waals surface area contributed by atoms with Gasteiger partial charge in [0.1, 0.15) is 0 Å². The number of benzene rings is 1. The Morgan fingerprint density at radius 2 is 1.89 bits per heavy atom. The van der Waals surface area contributed by atoms with Gasteiger partial charge >= 0.3 is 5.82 Å². The Morgan fingerprint density at radius 1 is 1.21 bits per heavy atom. The van der Waals surface area contributed by atoms with Crippen LogP contribution in [-0.4, -0.2) is 19.4 Å². The summed E-state index contributed by atoms with van der Waals surface area (Å²) in [4.78, 5) is 24.8. The minimum absolute atomic E-state index is 0.130. The van der Waals surface area contributed by atoms with Crippen LogP contribution in [0.25, 0.3) is 11.3 Å². The molecule has 0 fully saturated rings. The van der Waals surface area contributed by atoms with Crippen LogP contribution in [0.5, 0.6) is 0 Å². The molecular formula is C11H10N4O4. The number of nitro groups is 2. The Labute approximate surface area is 107 Å². The molecule has 0 bridgehead atoms. The quantitative estimate of drug-likeness (QED) is 0.623. The zero-order valence-corrected chi connectivity index (χ0v) is 10.2. The minimum atomic E-state index is -0.550. The van der Waals surface area contributed by atoms with Gasteiger partial charge in [-0.2, -0.15) is 0 Å². The van der Waals surface area contributed by atoms with Gasteiger partial charge in [0.15, 0.2) is 11.5 Å². The van der Waals surface area contributed by atoms with Crippen molar-refractivity contribution in [3.63, 3.8) is 0 Å². The number of hydrogen-bond donors (Lipinski definition) is 0. The van der Waals surface area contributed by atoms with Gasteiger partial charge in [-0.25, -0.2) is 9.55 Å². The molecule has 0 aliphatic carbocycles. The molecule has 0 amide bonds. The lowest BCUT2D eigenvalue weighted by Crippen LogP contribution is -1.99. The highest BCUT2D eigenvalue weighted by atomic mass is 16.6. The van der Waals surface area contributed by atoms with Crippen molar-refractivity contribution in [2.24, 2.45) is 7.05 Å². The first-order valence-electron chi connectivity index (χ1n) is 5.34. The molecule has 98 valence electrons. The number of imidazole rings is 1. The van der Waals surface area contributed by atoms with Crippen molar-refractivity contribution in [2.75, 3.05) is 0 Å². The van der Waals surface area contributed by atoms with E-state index < -0.39 is 9.85 Å². The second-order valence-electron chi connectivity index (χ2n) is 3.95. The first-order valence-corrected chi connectivity index (χ1v) is 5.34. The smallest absolute Gasteiger partial charge is 0.350 e. The maximum absolute atomic E-state index is 11.1. The van der Waals surface area contributed by atoms with Crippen molar-refractivity contribution < 1.29 is 9.85 Å². The Bertz CT molecular complexity index is 677. The largest absolute Gasteiger partial charge is 0.358 e. The van der Waals surface area contributed by atoms with Crippen LogP contribution in [0.2, 0.25) is 0 Å². The molecule has 2 aromatic rings. The van der Waals surface area contributed by atoms with Crippen LogP contribution in [0.1, 0.15) is 5.82 Å². The number of hydrogen-bond acceptors (Lipinski definition) is 5. The molecule has 0 radical (unpaired) electrons. The number of nitro benzene ring substituents is 1. The van der Waals surface area contributed by atoms with E-state index in [-0.39, 0.29) is 17.2 Å². The third-order valence-electron chi connectivity index (χ3n) is 2.79. The van der Waals surface area contributed by atoms with Crippen LogP contribution >= 0.6 is 0 Å². The zero-order valence-electron chi connectivity index (χ0n) is 10.2. The summed E-state index contributed by atoms with van der Waals surface area (Å²) in [5, 5.41) is 21.8. The Hall–Kier alpha value is -2.77. The number of nitrogens with zero attached hydrogens (tertiary/aromatic N) is 4. The Morgan fingerprint density at radius 3 is 2.47 bits per heavy atom. The number of aromatic nitrogens is 2. The van der Waals surface area contributed by atoms with Crippen LogP contribution in [0, 0.1) is 27.2 Å².